The number of nitrogens with two attached hydrogens (primary N) is 1. The molecule has 0 aliphatic heterocycles. The Hall–Kier alpha value is -2.71. The number of hydrogen-bond donors (Lipinski definition) is 2. The summed E-state index contributed by atoms with van der Waals surface area (Å²) in [6.45, 7) is 1.46. The largest absolute Gasteiger partial charge is 0.417 e. The highest BCUT2D eigenvalue weighted by molar-refractivity contribution is 5.98. The number of nitrogens with zero attached hydrogens (tertiary/aromatic N) is 1. The molecule has 0 aliphatic carbocycles. The number of carbonyl (C=O) groups is 1. The lowest BCUT2D eigenvalue weighted by molar-refractivity contribution is -0.137. The molecular formula is C15H12F5N3O. The molecule has 0 spiro atoms. The van der Waals surface area contributed by atoms with E-state index >= 15 is 0 Å². The number of nitrogens with one attached hydrogen (secondary N) is 1. The number of alkyl halides is 3. The van der Waals surface area contributed by atoms with Crippen molar-refractivity contribution in [1.29, 1.82) is 0 Å². The lowest BCUT2D eigenvalue weighted by Crippen LogP contribution is -2.28. The van der Waals surface area contributed by atoms with E-state index in [4.69, 9.17) is 5.73 Å². The van der Waals surface area contributed by atoms with E-state index < -0.39 is 40.9 Å². The van der Waals surface area contributed by atoms with Crippen molar-refractivity contribution in [1.82, 2.24) is 10.3 Å². The fourth-order valence-electron chi connectivity index (χ4n) is 1.95. The second-order valence-electron chi connectivity index (χ2n) is 5.02. The summed E-state index contributed by atoms with van der Waals surface area (Å²) >= 11 is 0. The molecule has 1 heterocycles. The third-order valence-corrected chi connectivity index (χ3v) is 3.28. The third kappa shape index (κ3) is 3.79. The van der Waals surface area contributed by atoms with Gasteiger partial charge in [0.05, 0.1) is 17.2 Å². The van der Waals surface area contributed by atoms with Crippen LogP contribution in [0.2, 0.25) is 0 Å². The van der Waals surface area contributed by atoms with E-state index in [1.807, 2.05) is 0 Å². The molecule has 2 aromatic rings. The van der Waals surface area contributed by atoms with Gasteiger partial charge in [-0.15, -0.1) is 0 Å². The molecule has 0 saturated heterocycles. The maximum absolute atomic E-state index is 13.2. The summed E-state index contributed by atoms with van der Waals surface area (Å²) < 4.78 is 64.2. The molecule has 128 valence electrons. The number of halogens is 5. The second kappa shape index (κ2) is 6.42. The first kappa shape index (κ1) is 17.6. The average molecular weight is 345 g/mol. The van der Waals surface area contributed by atoms with E-state index in [0.29, 0.717) is 12.3 Å². The zero-order valence-electron chi connectivity index (χ0n) is 12.3. The average Bonchev–Trinajstić information content (AvgIpc) is 2.49. The van der Waals surface area contributed by atoms with Gasteiger partial charge >= 0.3 is 6.18 Å². The maximum atomic E-state index is 13.2. The predicted octanol–water partition coefficient (Wildman–Crippen LogP) is 3.45. The van der Waals surface area contributed by atoms with Crippen LogP contribution in [0.15, 0.2) is 30.5 Å². The van der Waals surface area contributed by atoms with E-state index in [1.165, 1.54) is 13.0 Å². The zero-order chi connectivity index (χ0) is 18.1. The van der Waals surface area contributed by atoms with E-state index in [9.17, 15) is 26.7 Å². The Bertz CT molecular complexity index is 776. The van der Waals surface area contributed by atoms with E-state index in [2.05, 4.69) is 10.3 Å². The van der Waals surface area contributed by atoms with Gasteiger partial charge in [-0.05, 0) is 30.7 Å². The van der Waals surface area contributed by atoms with Crippen LogP contribution in [0, 0.1) is 11.6 Å². The quantitative estimate of drug-likeness (QED) is 0.837. The van der Waals surface area contributed by atoms with Gasteiger partial charge in [0.25, 0.3) is 5.91 Å². The molecule has 2 rings (SSSR count). The first-order chi connectivity index (χ1) is 11.1. The molecule has 0 radical (unpaired) electrons. The number of rotatable bonds is 3. The minimum atomic E-state index is -4.68. The predicted molar refractivity (Wildman–Crippen MR) is 75.9 cm³/mol. The number of nitrogen functional groups attached to an aromatic ring is 1. The van der Waals surface area contributed by atoms with Crippen molar-refractivity contribution in [2.45, 2.75) is 19.1 Å². The fourth-order valence-corrected chi connectivity index (χ4v) is 1.95. The van der Waals surface area contributed by atoms with Crippen molar-refractivity contribution in [3.63, 3.8) is 0 Å². The number of hydrogen-bond acceptors (Lipinski definition) is 3. The molecule has 1 atom stereocenters. The summed E-state index contributed by atoms with van der Waals surface area (Å²) in [5.41, 5.74) is 4.10. The molecule has 0 saturated carbocycles. The summed E-state index contributed by atoms with van der Waals surface area (Å²) in [4.78, 5) is 15.5. The smallest absolute Gasteiger partial charge is 0.383 e. The van der Waals surface area contributed by atoms with Crippen LogP contribution in [0.1, 0.15) is 34.5 Å². The fraction of sp³-hybridized carbons (Fsp3) is 0.200. The standard InChI is InChI=1S/C15H12F5N3O/c1-7(8-2-3-11(16)12(17)4-8)23-14(24)10-5-9(15(18,19)20)6-22-13(10)21/h2-7H,1H3,(H2,21,22)(H,23,24)/t7-/m0/s1. The van der Waals surface area contributed by atoms with E-state index in [0.717, 1.165) is 12.1 Å². The van der Waals surface area contributed by atoms with E-state index in [1.54, 1.807) is 0 Å². The Morgan fingerprint density at radius 3 is 2.46 bits per heavy atom. The van der Waals surface area contributed by atoms with Crippen LogP contribution in [0.5, 0.6) is 0 Å². The monoisotopic (exact) mass is 345 g/mol. The number of amides is 1. The minimum Gasteiger partial charge on any atom is -0.383 e. The molecule has 0 aliphatic rings. The lowest BCUT2D eigenvalue weighted by atomic mass is 10.1. The minimum absolute atomic E-state index is 0.237. The SMILES string of the molecule is C[C@H](NC(=O)c1cc(C(F)(F)F)cnc1N)c1ccc(F)c(F)c1. The first-order valence-electron chi connectivity index (χ1n) is 6.68. The topological polar surface area (TPSA) is 68.0 Å². The lowest BCUT2D eigenvalue weighted by Gasteiger charge is -2.16. The molecule has 24 heavy (non-hydrogen) atoms. The molecular weight excluding hydrogens is 333 g/mol. The van der Waals surface area contributed by atoms with Gasteiger partial charge in [0.15, 0.2) is 11.6 Å². The van der Waals surface area contributed by atoms with Crippen LogP contribution < -0.4 is 11.1 Å². The number of aromatic nitrogens is 1. The summed E-state index contributed by atoms with van der Waals surface area (Å²) in [5.74, 6) is -3.45. The molecule has 1 amide bonds. The number of benzene rings is 1. The van der Waals surface area contributed by atoms with E-state index in [-0.39, 0.29) is 11.4 Å². The number of carbonyl (C=O) groups excluding carboxylic acids is 1. The van der Waals surface area contributed by atoms with Crippen LogP contribution in [-0.4, -0.2) is 10.9 Å². The normalized spacial score (nSPS) is 12.8. The van der Waals surface area contributed by atoms with Gasteiger partial charge in [0, 0.05) is 6.20 Å². The van der Waals surface area contributed by atoms with Gasteiger partial charge in [-0.2, -0.15) is 13.2 Å². The second-order valence-corrected chi connectivity index (χ2v) is 5.02. The van der Waals surface area contributed by atoms with Crippen LogP contribution >= 0.6 is 0 Å². The van der Waals surface area contributed by atoms with Gasteiger partial charge in [-0.3, -0.25) is 4.79 Å². The Labute approximate surface area is 133 Å². The van der Waals surface area contributed by atoms with Gasteiger partial charge in [0.2, 0.25) is 0 Å². The maximum Gasteiger partial charge on any atom is 0.417 e. The number of pyridine rings is 1. The highest BCUT2D eigenvalue weighted by atomic mass is 19.4. The van der Waals surface area contributed by atoms with Crippen molar-refractivity contribution in [2.24, 2.45) is 0 Å². The highest BCUT2D eigenvalue weighted by Crippen LogP contribution is 2.30. The van der Waals surface area contributed by atoms with Gasteiger partial charge < -0.3 is 11.1 Å². The van der Waals surface area contributed by atoms with Gasteiger partial charge in [-0.25, -0.2) is 13.8 Å². The molecule has 0 unspecified atom stereocenters. The molecule has 0 bridgehead atoms. The Balaban J connectivity index is 2.24. The summed E-state index contributed by atoms with van der Waals surface area (Å²) in [5, 5.41) is 2.36. The molecule has 1 aromatic carbocycles. The Morgan fingerprint density at radius 2 is 1.88 bits per heavy atom. The molecule has 3 N–H and O–H groups in total. The molecule has 1 aromatic heterocycles. The van der Waals surface area contributed by atoms with Crippen LogP contribution in [0.25, 0.3) is 0 Å². The summed E-state index contributed by atoms with van der Waals surface area (Å²) in [6, 6.07) is 2.80. The zero-order valence-corrected chi connectivity index (χ0v) is 12.3. The van der Waals surface area contributed by atoms with Crippen LogP contribution in [-0.2, 0) is 6.18 Å². The number of anilines is 1. The van der Waals surface area contributed by atoms with Crippen LogP contribution in [0.4, 0.5) is 27.8 Å². The molecule has 4 nitrogen and oxygen atoms in total. The highest BCUT2D eigenvalue weighted by Gasteiger charge is 2.32. The Morgan fingerprint density at radius 1 is 1.21 bits per heavy atom. The summed E-state index contributed by atoms with van der Waals surface area (Å²) in [7, 11) is 0. The molecule has 9 heteroatoms. The first-order valence-corrected chi connectivity index (χ1v) is 6.68. The van der Waals surface area contributed by atoms with Crippen molar-refractivity contribution >= 4 is 11.7 Å². The van der Waals surface area contributed by atoms with Gasteiger partial charge in [0.1, 0.15) is 5.82 Å². The van der Waals surface area contributed by atoms with Crippen LogP contribution in [0.3, 0.4) is 0 Å². The third-order valence-electron chi connectivity index (χ3n) is 3.28. The van der Waals surface area contributed by atoms with Crippen molar-refractivity contribution < 1.29 is 26.7 Å². The Kier molecular flexibility index (Phi) is 4.72. The molecule has 0 fully saturated rings. The van der Waals surface area contributed by atoms with Gasteiger partial charge in [-0.1, -0.05) is 6.07 Å². The van der Waals surface area contributed by atoms with Crippen molar-refractivity contribution in [3.8, 4) is 0 Å². The summed E-state index contributed by atoms with van der Waals surface area (Å²) in [6.07, 6.45) is -4.16. The van der Waals surface area contributed by atoms with Crippen molar-refractivity contribution in [3.05, 3.63) is 58.8 Å². The van der Waals surface area contributed by atoms with Crippen molar-refractivity contribution in [2.75, 3.05) is 5.73 Å².